The van der Waals surface area contributed by atoms with Gasteiger partial charge < -0.3 is 10.6 Å². The van der Waals surface area contributed by atoms with Gasteiger partial charge in [0.15, 0.2) is 5.96 Å². The molecule has 5 nitrogen and oxygen atoms in total. The molecule has 0 bridgehead atoms. The van der Waals surface area contributed by atoms with Gasteiger partial charge >= 0.3 is 0 Å². The number of benzene rings is 2. The van der Waals surface area contributed by atoms with Crippen molar-refractivity contribution in [2.24, 2.45) is 4.99 Å². The Labute approximate surface area is 159 Å². The molecule has 2 aromatic carbocycles. The molecule has 0 amide bonds. The monoisotopic (exact) mass is 365 g/mol. The van der Waals surface area contributed by atoms with Gasteiger partial charge in [0.2, 0.25) is 0 Å². The lowest BCUT2D eigenvalue weighted by molar-refractivity contribution is 0.626. The minimum Gasteiger partial charge on any atom is -0.356 e. The van der Waals surface area contributed by atoms with Crippen LogP contribution in [0.25, 0.3) is 5.69 Å². The van der Waals surface area contributed by atoms with E-state index in [0.29, 0.717) is 0 Å². The third kappa shape index (κ3) is 5.67. The summed E-state index contributed by atoms with van der Waals surface area (Å²) in [5.41, 5.74) is 3.30. The molecule has 0 radical (unpaired) electrons. The summed E-state index contributed by atoms with van der Waals surface area (Å²) in [4.78, 5) is 4.23. The van der Waals surface area contributed by atoms with Crippen LogP contribution in [0, 0.1) is 5.82 Å². The molecule has 0 aliphatic rings. The molecular weight excluding hydrogens is 341 g/mol. The summed E-state index contributed by atoms with van der Waals surface area (Å²) < 4.78 is 14.8. The van der Waals surface area contributed by atoms with Gasteiger partial charge in [-0.05, 0) is 48.2 Å². The maximum atomic E-state index is 12.9. The van der Waals surface area contributed by atoms with Crippen LogP contribution in [-0.2, 0) is 12.8 Å². The summed E-state index contributed by atoms with van der Waals surface area (Å²) in [5.74, 6) is 0.548. The normalized spacial score (nSPS) is 11.4. The molecule has 0 unspecified atom stereocenters. The first-order valence-corrected chi connectivity index (χ1v) is 9.02. The summed E-state index contributed by atoms with van der Waals surface area (Å²) in [5, 5.41) is 11.0. The van der Waals surface area contributed by atoms with Gasteiger partial charge in [-0.15, -0.1) is 0 Å². The van der Waals surface area contributed by atoms with Gasteiger partial charge in [0.05, 0.1) is 11.9 Å². The fourth-order valence-corrected chi connectivity index (χ4v) is 2.73. The average molecular weight is 365 g/mol. The molecule has 0 fully saturated rings. The molecule has 140 valence electrons. The number of halogens is 1. The number of aromatic nitrogens is 2. The molecule has 2 N–H and O–H groups in total. The van der Waals surface area contributed by atoms with Gasteiger partial charge in [0, 0.05) is 26.3 Å². The smallest absolute Gasteiger partial charge is 0.190 e. The van der Waals surface area contributed by atoms with Crippen LogP contribution in [0.3, 0.4) is 0 Å². The SMILES string of the molecule is CN=C(NCCc1ccc(F)cc1)NCCc1cnn(-c2ccccc2)c1. The standard InChI is InChI=1S/C21H24FN5/c1-23-21(24-13-11-17-7-9-19(22)10-8-17)25-14-12-18-15-26-27(16-18)20-5-3-2-4-6-20/h2-10,15-16H,11-14H2,1H3,(H2,23,24,25). The number of para-hydroxylation sites is 1. The molecule has 0 atom stereocenters. The first-order valence-electron chi connectivity index (χ1n) is 9.02. The van der Waals surface area contributed by atoms with Crippen molar-refractivity contribution in [3.63, 3.8) is 0 Å². The van der Waals surface area contributed by atoms with Crippen LogP contribution in [0.15, 0.2) is 72.0 Å². The second kappa shape index (κ2) is 9.52. The molecule has 1 heterocycles. The predicted octanol–water partition coefficient (Wildman–Crippen LogP) is 2.96. The topological polar surface area (TPSA) is 54.2 Å². The zero-order chi connectivity index (χ0) is 18.9. The number of guanidine groups is 1. The zero-order valence-corrected chi connectivity index (χ0v) is 15.4. The number of rotatable bonds is 7. The Morgan fingerprint density at radius 2 is 1.63 bits per heavy atom. The predicted molar refractivity (Wildman–Crippen MR) is 107 cm³/mol. The van der Waals surface area contributed by atoms with E-state index >= 15 is 0 Å². The van der Waals surface area contributed by atoms with Crippen LogP contribution in [-0.4, -0.2) is 35.9 Å². The minimum absolute atomic E-state index is 0.209. The highest BCUT2D eigenvalue weighted by molar-refractivity contribution is 5.79. The molecule has 27 heavy (non-hydrogen) atoms. The van der Waals surface area contributed by atoms with Gasteiger partial charge in [0.1, 0.15) is 5.82 Å². The van der Waals surface area contributed by atoms with Crippen LogP contribution >= 0.6 is 0 Å². The first-order chi connectivity index (χ1) is 13.2. The van der Waals surface area contributed by atoms with E-state index in [2.05, 4.69) is 20.7 Å². The summed E-state index contributed by atoms with van der Waals surface area (Å²) in [6.45, 7) is 1.49. The van der Waals surface area contributed by atoms with Gasteiger partial charge in [-0.2, -0.15) is 5.10 Å². The average Bonchev–Trinajstić information content (AvgIpc) is 3.18. The van der Waals surface area contributed by atoms with E-state index in [-0.39, 0.29) is 5.82 Å². The lowest BCUT2D eigenvalue weighted by atomic mass is 10.1. The van der Waals surface area contributed by atoms with E-state index in [9.17, 15) is 4.39 Å². The third-order valence-corrected chi connectivity index (χ3v) is 4.21. The summed E-state index contributed by atoms with van der Waals surface area (Å²) >= 11 is 0. The number of hydrogen-bond acceptors (Lipinski definition) is 2. The maximum absolute atomic E-state index is 12.9. The first kappa shape index (κ1) is 18.6. The van der Waals surface area contributed by atoms with Gasteiger partial charge in [0.25, 0.3) is 0 Å². The molecule has 1 aromatic heterocycles. The van der Waals surface area contributed by atoms with Gasteiger partial charge in [-0.3, -0.25) is 4.99 Å². The lowest BCUT2D eigenvalue weighted by Gasteiger charge is -2.11. The minimum atomic E-state index is -0.209. The molecule has 3 aromatic rings. The van der Waals surface area contributed by atoms with Crippen LogP contribution in [0.2, 0.25) is 0 Å². The second-order valence-electron chi connectivity index (χ2n) is 6.18. The van der Waals surface area contributed by atoms with Crippen LogP contribution in [0.4, 0.5) is 4.39 Å². The number of hydrogen-bond donors (Lipinski definition) is 2. The van der Waals surface area contributed by atoms with Crippen molar-refractivity contribution >= 4 is 5.96 Å². The van der Waals surface area contributed by atoms with Gasteiger partial charge in [-0.25, -0.2) is 9.07 Å². The Bertz CT molecular complexity index is 856. The zero-order valence-electron chi connectivity index (χ0n) is 15.4. The van der Waals surface area contributed by atoms with Crippen LogP contribution in [0.1, 0.15) is 11.1 Å². The van der Waals surface area contributed by atoms with E-state index in [4.69, 9.17) is 0 Å². The van der Waals surface area contributed by atoms with E-state index < -0.39 is 0 Å². The van der Waals surface area contributed by atoms with Crippen molar-refractivity contribution in [3.8, 4) is 5.69 Å². The van der Waals surface area contributed by atoms with Crippen molar-refractivity contribution in [3.05, 3.63) is 83.9 Å². The van der Waals surface area contributed by atoms with Gasteiger partial charge in [-0.1, -0.05) is 30.3 Å². The Balaban J connectivity index is 1.41. The molecule has 0 aliphatic carbocycles. The largest absolute Gasteiger partial charge is 0.356 e. The Morgan fingerprint density at radius 3 is 2.30 bits per heavy atom. The maximum Gasteiger partial charge on any atom is 0.190 e. The van der Waals surface area contributed by atoms with Crippen LogP contribution < -0.4 is 10.6 Å². The lowest BCUT2D eigenvalue weighted by Crippen LogP contribution is -2.39. The molecule has 0 saturated heterocycles. The van der Waals surface area contributed by atoms with Crippen LogP contribution in [0.5, 0.6) is 0 Å². The summed E-state index contributed by atoms with van der Waals surface area (Å²) in [6, 6.07) is 16.6. The number of nitrogens with one attached hydrogen (secondary N) is 2. The Morgan fingerprint density at radius 1 is 0.963 bits per heavy atom. The highest BCUT2D eigenvalue weighted by atomic mass is 19.1. The molecule has 0 aliphatic heterocycles. The fourth-order valence-electron chi connectivity index (χ4n) is 2.73. The Kier molecular flexibility index (Phi) is 6.57. The number of nitrogens with zero attached hydrogens (tertiary/aromatic N) is 3. The molecule has 0 saturated carbocycles. The fraction of sp³-hybridized carbons (Fsp3) is 0.238. The molecule has 3 rings (SSSR count). The summed E-state index contributed by atoms with van der Waals surface area (Å²) in [7, 11) is 1.75. The molecular formula is C21H24FN5. The van der Waals surface area contributed by atoms with E-state index in [1.165, 1.54) is 12.1 Å². The third-order valence-electron chi connectivity index (χ3n) is 4.21. The quantitative estimate of drug-likeness (QED) is 0.500. The van der Waals surface area contributed by atoms with Crippen molar-refractivity contribution in [2.45, 2.75) is 12.8 Å². The van der Waals surface area contributed by atoms with E-state index in [0.717, 1.165) is 48.7 Å². The highest BCUT2D eigenvalue weighted by Gasteiger charge is 2.02. The van der Waals surface area contributed by atoms with E-state index in [1.54, 1.807) is 19.2 Å². The summed E-state index contributed by atoms with van der Waals surface area (Å²) in [6.07, 6.45) is 5.59. The van der Waals surface area contributed by atoms with Crippen molar-refractivity contribution in [1.82, 2.24) is 20.4 Å². The highest BCUT2D eigenvalue weighted by Crippen LogP contribution is 2.07. The van der Waals surface area contributed by atoms with Crippen molar-refractivity contribution < 1.29 is 4.39 Å². The molecule has 0 spiro atoms. The number of aliphatic imine (C=N–C) groups is 1. The Hall–Kier alpha value is -3.15. The van der Waals surface area contributed by atoms with E-state index in [1.807, 2.05) is 47.4 Å². The van der Waals surface area contributed by atoms with Crippen molar-refractivity contribution in [1.29, 1.82) is 0 Å². The second-order valence-corrected chi connectivity index (χ2v) is 6.18. The van der Waals surface area contributed by atoms with Crippen molar-refractivity contribution in [2.75, 3.05) is 20.1 Å². The molecule has 6 heteroatoms.